The minimum atomic E-state index is -0.969. The molecule has 0 spiro atoms. The second-order valence-electron chi connectivity index (χ2n) is 3.69. The molecule has 0 saturated carbocycles. The molecule has 0 aromatic rings. The second-order valence-corrected chi connectivity index (χ2v) is 3.69. The smallest absolute Gasteiger partial charge is 0.329 e. The number of aliphatic carboxylic acids is 2. The number of hydrogen-bond donors (Lipinski definition) is 4. The van der Waals surface area contributed by atoms with Crippen molar-refractivity contribution in [3.63, 3.8) is 0 Å². The van der Waals surface area contributed by atoms with Crippen LogP contribution in [0.4, 0.5) is 0 Å². The lowest BCUT2D eigenvalue weighted by atomic mass is 10.7. The SMILES string of the molecule is NCCOCCOCC(=O)O.NCCOCCOCC(=O)O. The summed E-state index contributed by atoms with van der Waals surface area (Å²) in [6.45, 7) is 2.75. The first kappa shape index (κ1) is 23.0. The van der Waals surface area contributed by atoms with E-state index in [-0.39, 0.29) is 13.2 Å². The van der Waals surface area contributed by atoms with E-state index in [1.54, 1.807) is 0 Å². The summed E-state index contributed by atoms with van der Waals surface area (Å²) in [5.41, 5.74) is 10.3. The van der Waals surface area contributed by atoms with Crippen molar-refractivity contribution < 1.29 is 38.7 Å². The normalized spacial score (nSPS) is 9.91. The van der Waals surface area contributed by atoms with Crippen LogP contribution in [0.25, 0.3) is 0 Å². The third-order valence-corrected chi connectivity index (χ3v) is 1.72. The van der Waals surface area contributed by atoms with Crippen LogP contribution >= 0.6 is 0 Å². The molecular formula is C12H26N2O8. The standard InChI is InChI=1S/2C6H13NO4/c2*7-1-2-10-3-4-11-5-6(8)9/h2*1-5,7H2,(H,8,9). The molecule has 10 nitrogen and oxygen atoms in total. The Bertz CT molecular complexity index is 240. The highest BCUT2D eigenvalue weighted by Gasteiger charge is 1.95. The van der Waals surface area contributed by atoms with E-state index >= 15 is 0 Å². The fourth-order valence-electron chi connectivity index (χ4n) is 0.925. The molecule has 0 atom stereocenters. The predicted molar refractivity (Wildman–Crippen MR) is 76.7 cm³/mol. The molecule has 0 aliphatic rings. The molecule has 0 saturated heterocycles. The summed E-state index contributed by atoms with van der Waals surface area (Å²) in [5, 5.41) is 16.3. The lowest BCUT2D eigenvalue weighted by molar-refractivity contribution is -0.143. The van der Waals surface area contributed by atoms with E-state index in [2.05, 4.69) is 9.47 Å². The van der Waals surface area contributed by atoms with E-state index < -0.39 is 11.9 Å². The van der Waals surface area contributed by atoms with Gasteiger partial charge >= 0.3 is 11.9 Å². The van der Waals surface area contributed by atoms with E-state index in [4.69, 9.17) is 31.2 Å². The summed E-state index contributed by atoms with van der Waals surface area (Å²) in [4.78, 5) is 19.8. The maximum atomic E-state index is 9.90. The number of ether oxygens (including phenoxy) is 4. The van der Waals surface area contributed by atoms with Crippen LogP contribution in [0.1, 0.15) is 0 Å². The highest BCUT2D eigenvalue weighted by atomic mass is 16.5. The fraction of sp³-hybridized carbons (Fsp3) is 0.833. The molecule has 0 fully saturated rings. The van der Waals surface area contributed by atoms with Crippen molar-refractivity contribution in [3.8, 4) is 0 Å². The molecule has 0 bridgehead atoms. The molecule has 6 N–H and O–H groups in total. The van der Waals surface area contributed by atoms with Gasteiger partial charge in [-0.25, -0.2) is 9.59 Å². The number of carboxylic acid groups (broad SMARTS) is 2. The molecule has 0 radical (unpaired) electrons. The number of hydrogen-bond acceptors (Lipinski definition) is 8. The summed E-state index contributed by atoms with van der Waals surface area (Å²) >= 11 is 0. The number of rotatable bonds is 14. The van der Waals surface area contributed by atoms with Gasteiger partial charge in [-0.1, -0.05) is 0 Å². The molecule has 22 heavy (non-hydrogen) atoms. The number of nitrogens with two attached hydrogens (primary N) is 2. The first-order valence-corrected chi connectivity index (χ1v) is 6.69. The van der Waals surface area contributed by atoms with Gasteiger partial charge in [-0.2, -0.15) is 0 Å². The van der Waals surface area contributed by atoms with Gasteiger partial charge in [-0.3, -0.25) is 0 Å². The van der Waals surface area contributed by atoms with Gasteiger partial charge in [0.25, 0.3) is 0 Å². The summed E-state index contributed by atoms with van der Waals surface area (Å²) in [6.07, 6.45) is 0. The molecule has 0 aromatic carbocycles. The Balaban J connectivity index is 0. The van der Waals surface area contributed by atoms with Crippen molar-refractivity contribution in [2.45, 2.75) is 0 Å². The zero-order chi connectivity index (χ0) is 17.1. The lowest BCUT2D eigenvalue weighted by Crippen LogP contribution is -2.14. The summed E-state index contributed by atoms with van der Waals surface area (Å²) in [5.74, 6) is -1.94. The Kier molecular flexibility index (Phi) is 20.6. The van der Waals surface area contributed by atoms with Crippen LogP contribution in [-0.2, 0) is 28.5 Å². The number of carbonyl (C=O) groups is 2. The van der Waals surface area contributed by atoms with Gasteiger partial charge in [0.05, 0.1) is 39.6 Å². The van der Waals surface area contributed by atoms with E-state index in [1.165, 1.54) is 0 Å². The van der Waals surface area contributed by atoms with Crippen LogP contribution in [0.5, 0.6) is 0 Å². The minimum Gasteiger partial charge on any atom is -0.480 e. The third-order valence-electron chi connectivity index (χ3n) is 1.72. The molecule has 0 amide bonds. The first-order valence-electron chi connectivity index (χ1n) is 6.69. The Labute approximate surface area is 129 Å². The van der Waals surface area contributed by atoms with Gasteiger partial charge in [-0.05, 0) is 0 Å². The maximum absolute atomic E-state index is 9.90. The van der Waals surface area contributed by atoms with Crippen LogP contribution in [0.3, 0.4) is 0 Å². The lowest BCUT2D eigenvalue weighted by Gasteiger charge is -2.01. The summed E-state index contributed by atoms with van der Waals surface area (Å²) < 4.78 is 19.2. The van der Waals surface area contributed by atoms with Gasteiger partial charge in [0, 0.05) is 13.1 Å². The predicted octanol–water partition coefficient (Wildman–Crippen LogP) is -1.87. The highest BCUT2D eigenvalue weighted by Crippen LogP contribution is 1.78. The average Bonchev–Trinajstić information content (AvgIpc) is 2.46. The van der Waals surface area contributed by atoms with E-state index in [0.717, 1.165) is 0 Å². The Morgan fingerprint density at radius 2 is 0.955 bits per heavy atom. The van der Waals surface area contributed by atoms with Crippen molar-refractivity contribution in [2.75, 3.05) is 65.9 Å². The topological polar surface area (TPSA) is 164 Å². The quantitative estimate of drug-likeness (QED) is 0.266. The molecular weight excluding hydrogens is 300 g/mol. The monoisotopic (exact) mass is 326 g/mol. The van der Waals surface area contributed by atoms with Crippen molar-refractivity contribution in [2.24, 2.45) is 11.5 Å². The third kappa shape index (κ3) is 27.1. The fourth-order valence-corrected chi connectivity index (χ4v) is 0.925. The van der Waals surface area contributed by atoms with Crippen LogP contribution in [0.15, 0.2) is 0 Å². The van der Waals surface area contributed by atoms with Crippen molar-refractivity contribution in [1.29, 1.82) is 0 Å². The molecule has 0 unspecified atom stereocenters. The van der Waals surface area contributed by atoms with Crippen LogP contribution in [-0.4, -0.2) is 88.1 Å². The molecule has 132 valence electrons. The van der Waals surface area contributed by atoms with Crippen molar-refractivity contribution in [3.05, 3.63) is 0 Å². The van der Waals surface area contributed by atoms with Gasteiger partial charge in [0.15, 0.2) is 0 Å². The highest BCUT2D eigenvalue weighted by molar-refractivity contribution is 5.68. The zero-order valence-electron chi connectivity index (χ0n) is 12.6. The Morgan fingerprint density at radius 1 is 0.636 bits per heavy atom. The van der Waals surface area contributed by atoms with E-state index in [9.17, 15) is 9.59 Å². The van der Waals surface area contributed by atoms with Gasteiger partial charge in [-0.15, -0.1) is 0 Å². The molecule has 10 heteroatoms. The number of carboxylic acids is 2. The molecule has 0 heterocycles. The zero-order valence-corrected chi connectivity index (χ0v) is 12.6. The van der Waals surface area contributed by atoms with Gasteiger partial charge < -0.3 is 40.6 Å². The summed E-state index contributed by atoms with van der Waals surface area (Å²) in [6, 6.07) is 0. The van der Waals surface area contributed by atoms with E-state index in [0.29, 0.717) is 52.7 Å². The largest absolute Gasteiger partial charge is 0.480 e. The molecule has 0 aromatic heterocycles. The van der Waals surface area contributed by atoms with Crippen LogP contribution < -0.4 is 11.5 Å². The van der Waals surface area contributed by atoms with Crippen LogP contribution in [0, 0.1) is 0 Å². The van der Waals surface area contributed by atoms with E-state index in [1.807, 2.05) is 0 Å². The van der Waals surface area contributed by atoms with Gasteiger partial charge in [0.1, 0.15) is 13.2 Å². The second kappa shape index (κ2) is 19.7. The minimum absolute atomic E-state index is 0.272. The molecule has 0 aliphatic heterocycles. The Hall–Kier alpha value is -1.30. The molecule has 0 rings (SSSR count). The maximum Gasteiger partial charge on any atom is 0.329 e. The van der Waals surface area contributed by atoms with Gasteiger partial charge in [0.2, 0.25) is 0 Å². The molecule has 0 aliphatic carbocycles. The Morgan fingerprint density at radius 3 is 1.23 bits per heavy atom. The summed E-state index contributed by atoms with van der Waals surface area (Å²) in [7, 11) is 0. The average molecular weight is 326 g/mol. The van der Waals surface area contributed by atoms with Crippen molar-refractivity contribution in [1.82, 2.24) is 0 Å². The van der Waals surface area contributed by atoms with Crippen LogP contribution in [0.2, 0.25) is 0 Å². The first-order chi connectivity index (χ1) is 10.5. The van der Waals surface area contributed by atoms with Crippen molar-refractivity contribution >= 4 is 11.9 Å².